The van der Waals surface area contributed by atoms with E-state index in [9.17, 15) is 10.2 Å². The van der Waals surface area contributed by atoms with Gasteiger partial charge in [0.05, 0.1) is 5.69 Å². The zero-order valence-corrected chi connectivity index (χ0v) is 30.2. The first-order valence-corrected chi connectivity index (χ1v) is 15.0. The quantitative estimate of drug-likeness (QED) is 0.181. The van der Waals surface area contributed by atoms with Gasteiger partial charge in [0.1, 0.15) is 16.5 Å². The van der Waals surface area contributed by atoms with Crippen molar-refractivity contribution in [1.82, 2.24) is 4.98 Å². The molecule has 0 aliphatic carbocycles. The van der Waals surface area contributed by atoms with E-state index in [1.165, 1.54) is 0 Å². The average Bonchev–Trinajstić information content (AvgIpc) is 3.40. The number of benzene rings is 4. The Morgan fingerprint density at radius 1 is 0.571 bits per heavy atom. The number of aromatic nitrogens is 1. The number of thiazole rings is 1. The Labute approximate surface area is 273 Å². The zero-order chi connectivity index (χ0) is 29.7. The van der Waals surface area contributed by atoms with E-state index in [1.807, 2.05) is 24.3 Å². The minimum absolute atomic E-state index is 0. The van der Waals surface area contributed by atoms with Crippen LogP contribution in [0, 0.1) is 13.8 Å². The summed E-state index contributed by atoms with van der Waals surface area (Å²) in [5, 5.41) is 25.8. The predicted molar refractivity (Wildman–Crippen MR) is 174 cm³/mol. The number of nitrogens with zero attached hydrogens (tertiary/aromatic N) is 1. The normalized spacial score (nSPS) is 11.8. The molecule has 0 saturated heterocycles. The monoisotopic (exact) mass is 741 g/mol. The van der Waals surface area contributed by atoms with E-state index in [4.69, 9.17) is 4.98 Å². The molecular formula is C37H39HfNO2S. The van der Waals surface area contributed by atoms with Crippen LogP contribution < -0.4 is 0 Å². The third-order valence-electron chi connectivity index (χ3n) is 7.57. The molecule has 5 aromatic rings. The topological polar surface area (TPSA) is 53.4 Å². The molecule has 5 rings (SSSR count). The largest absolute Gasteiger partial charge is 0.507 e. The number of aromatic hydroxyl groups is 2. The smallest absolute Gasteiger partial charge is 0.127 e. The number of hydrogen-bond donors (Lipinski definition) is 2. The second-order valence-corrected chi connectivity index (χ2v) is 13.9. The van der Waals surface area contributed by atoms with Gasteiger partial charge in [-0.15, -0.1) is 11.3 Å². The number of hydrogen-bond acceptors (Lipinski definition) is 4. The van der Waals surface area contributed by atoms with Gasteiger partial charge in [0.15, 0.2) is 0 Å². The van der Waals surface area contributed by atoms with Crippen molar-refractivity contribution in [3.63, 3.8) is 0 Å². The van der Waals surface area contributed by atoms with Gasteiger partial charge in [-0.1, -0.05) is 102 Å². The molecule has 0 aliphatic heterocycles. The van der Waals surface area contributed by atoms with Crippen LogP contribution in [-0.2, 0) is 36.7 Å². The molecule has 0 amide bonds. The standard InChI is InChI=1S/C37H39NO2S.Hf/c1-22-17-28(33(39)30(19-22)36(3,4)5)24-13-9-11-15-26(24)32-21-41-35(38-32)27-16-12-10-14-25(27)29-18-23(2)20-31(34(29)40)37(6,7)8;/h9-21,39-40H,1-8H3;. The number of phenols is 2. The summed E-state index contributed by atoms with van der Waals surface area (Å²) in [5.41, 5.74) is 10.1. The van der Waals surface area contributed by atoms with Gasteiger partial charge in [0.25, 0.3) is 0 Å². The van der Waals surface area contributed by atoms with Crippen LogP contribution in [0.1, 0.15) is 63.8 Å². The van der Waals surface area contributed by atoms with Crippen molar-refractivity contribution < 1.29 is 36.1 Å². The van der Waals surface area contributed by atoms with Crippen molar-refractivity contribution in [2.24, 2.45) is 0 Å². The van der Waals surface area contributed by atoms with Crippen molar-refractivity contribution in [2.45, 2.75) is 66.2 Å². The van der Waals surface area contributed by atoms with Gasteiger partial charge in [-0.25, -0.2) is 4.98 Å². The van der Waals surface area contributed by atoms with Gasteiger partial charge in [0, 0.05) is 64.6 Å². The van der Waals surface area contributed by atoms with Crippen LogP contribution in [0.2, 0.25) is 0 Å². The summed E-state index contributed by atoms with van der Waals surface area (Å²) in [6, 6.07) is 24.6. The minimum atomic E-state index is -0.189. The molecule has 4 aromatic carbocycles. The van der Waals surface area contributed by atoms with Crippen LogP contribution in [-0.4, -0.2) is 15.2 Å². The summed E-state index contributed by atoms with van der Waals surface area (Å²) in [6.07, 6.45) is 0. The van der Waals surface area contributed by atoms with Gasteiger partial charge in [-0.2, -0.15) is 0 Å². The molecule has 0 bridgehead atoms. The van der Waals surface area contributed by atoms with Crippen LogP contribution in [0.4, 0.5) is 0 Å². The molecule has 0 atom stereocenters. The molecule has 1 aromatic heterocycles. The first-order valence-electron chi connectivity index (χ1n) is 14.1. The molecule has 42 heavy (non-hydrogen) atoms. The Kier molecular flexibility index (Phi) is 9.06. The van der Waals surface area contributed by atoms with Crippen LogP contribution in [0.15, 0.2) is 78.2 Å². The Bertz CT molecular complexity index is 1630. The molecule has 0 spiro atoms. The van der Waals surface area contributed by atoms with Crippen molar-refractivity contribution in [2.75, 3.05) is 0 Å². The number of phenolic OH excluding ortho intramolecular Hbond substituents is 2. The molecule has 0 fully saturated rings. The number of aryl methyl sites for hydroxylation is 2. The van der Waals surface area contributed by atoms with Gasteiger partial charge in [0.2, 0.25) is 0 Å². The molecule has 214 valence electrons. The molecule has 0 saturated carbocycles. The summed E-state index contributed by atoms with van der Waals surface area (Å²) in [7, 11) is 0. The molecule has 0 unspecified atom stereocenters. The van der Waals surface area contributed by atoms with Crippen LogP contribution >= 0.6 is 11.3 Å². The summed E-state index contributed by atoms with van der Waals surface area (Å²) in [6.45, 7) is 16.9. The summed E-state index contributed by atoms with van der Waals surface area (Å²) in [4.78, 5) is 5.12. The van der Waals surface area contributed by atoms with E-state index in [0.717, 1.165) is 66.3 Å². The number of rotatable bonds is 4. The van der Waals surface area contributed by atoms with E-state index in [2.05, 4.69) is 109 Å². The van der Waals surface area contributed by atoms with Crippen LogP contribution in [0.5, 0.6) is 11.5 Å². The fourth-order valence-electron chi connectivity index (χ4n) is 5.48. The van der Waals surface area contributed by atoms with E-state index < -0.39 is 0 Å². The summed E-state index contributed by atoms with van der Waals surface area (Å²) >= 11 is 1.59. The van der Waals surface area contributed by atoms with E-state index >= 15 is 0 Å². The summed E-state index contributed by atoms with van der Waals surface area (Å²) < 4.78 is 0. The van der Waals surface area contributed by atoms with E-state index in [-0.39, 0.29) is 36.7 Å². The Hall–Kier alpha value is -3.02. The fraction of sp³-hybridized carbons (Fsp3) is 0.270. The maximum atomic E-state index is 11.4. The van der Waals surface area contributed by atoms with Gasteiger partial charge < -0.3 is 10.2 Å². The summed E-state index contributed by atoms with van der Waals surface area (Å²) in [5.74, 6) is 0.642. The van der Waals surface area contributed by atoms with Gasteiger partial charge in [-0.3, -0.25) is 0 Å². The zero-order valence-electron chi connectivity index (χ0n) is 25.8. The molecular weight excluding hydrogens is 701 g/mol. The Morgan fingerprint density at radius 3 is 1.43 bits per heavy atom. The van der Waals surface area contributed by atoms with Gasteiger partial charge in [-0.05, 0) is 59.1 Å². The maximum Gasteiger partial charge on any atom is 0.127 e. The van der Waals surface area contributed by atoms with E-state index in [0.29, 0.717) is 11.5 Å². The molecule has 5 heteroatoms. The Morgan fingerprint density at radius 2 is 0.976 bits per heavy atom. The van der Waals surface area contributed by atoms with Crippen molar-refractivity contribution in [3.05, 3.63) is 100 Å². The van der Waals surface area contributed by atoms with Gasteiger partial charge >= 0.3 is 0 Å². The van der Waals surface area contributed by atoms with Crippen LogP contribution in [0.3, 0.4) is 0 Å². The fourth-order valence-corrected chi connectivity index (χ4v) is 6.34. The molecule has 2 N–H and O–H groups in total. The van der Waals surface area contributed by atoms with Crippen molar-refractivity contribution in [1.29, 1.82) is 0 Å². The SMILES string of the molecule is Cc1cc(-c2ccccc2-c2csc(-c3ccccc3-c3cc(C)cc(C(C)(C)C)c3O)n2)c(O)c(C(C)(C)C)c1.[Hf]. The molecule has 0 radical (unpaired) electrons. The maximum absolute atomic E-state index is 11.4. The van der Waals surface area contributed by atoms with Crippen molar-refractivity contribution >= 4 is 11.3 Å². The van der Waals surface area contributed by atoms with Crippen LogP contribution in [0.25, 0.3) is 44.1 Å². The second kappa shape index (κ2) is 11.9. The molecule has 0 aliphatic rings. The Balaban J connectivity index is 0.00000405. The van der Waals surface area contributed by atoms with Crippen molar-refractivity contribution in [3.8, 4) is 55.6 Å². The molecule has 1 heterocycles. The first kappa shape index (κ1) is 31.9. The first-order chi connectivity index (χ1) is 19.3. The average molecular weight is 740 g/mol. The minimum Gasteiger partial charge on any atom is -0.507 e. The second-order valence-electron chi connectivity index (χ2n) is 13.0. The molecule has 3 nitrogen and oxygen atoms in total. The van der Waals surface area contributed by atoms with E-state index in [1.54, 1.807) is 11.3 Å². The predicted octanol–water partition coefficient (Wildman–Crippen LogP) is 10.4. The third kappa shape index (κ3) is 6.18. The third-order valence-corrected chi connectivity index (χ3v) is 8.45.